The molecule has 1 aliphatic rings. The maximum atomic E-state index is 8.62. The van der Waals surface area contributed by atoms with E-state index >= 15 is 0 Å². The van der Waals surface area contributed by atoms with Crippen LogP contribution in [0.4, 0.5) is 0 Å². The average Bonchev–Trinajstić information content (AvgIpc) is 2.42. The Morgan fingerprint density at radius 1 is 1.47 bits per heavy atom. The van der Waals surface area contributed by atoms with Crippen molar-refractivity contribution in [2.24, 2.45) is 10.9 Å². The van der Waals surface area contributed by atoms with Gasteiger partial charge in [-0.25, -0.2) is 0 Å². The van der Waals surface area contributed by atoms with E-state index in [0.717, 1.165) is 25.9 Å². The van der Waals surface area contributed by atoms with Gasteiger partial charge < -0.3 is 20.6 Å². The lowest BCUT2D eigenvalue weighted by Gasteiger charge is -2.29. The Morgan fingerprint density at radius 3 is 2.74 bits per heavy atom. The number of oxime groups is 1. The van der Waals surface area contributed by atoms with Gasteiger partial charge in [0, 0.05) is 18.7 Å². The fraction of sp³-hybridized carbons (Fsp3) is 0.462. The number of piperidine rings is 1. The first-order valence-corrected chi connectivity index (χ1v) is 6.60. The summed E-state index contributed by atoms with van der Waals surface area (Å²) < 4.78 is 5.90. The van der Waals surface area contributed by atoms with Crippen LogP contribution in [-0.4, -0.2) is 42.2 Å². The maximum Gasteiger partial charge on any atom is 0.170 e. The number of likely N-dealkylation sites (tertiary alicyclic amines) is 1. The Kier molecular flexibility index (Phi) is 4.50. The normalized spacial score (nSPS) is 18.5. The van der Waals surface area contributed by atoms with Gasteiger partial charge in [0.25, 0.3) is 0 Å². The fourth-order valence-corrected chi connectivity index (χ4v) is 2.32. The molecular weight excluding hydrogens is 266 g/mol. The second kappa shape index (κ2) is 6.12. The van der Waals surface area contributed by atoms with Gasteiger partial charge in [0.2, 0.25) is 0 Å². The van der Waals surface area contributed by atoms with Gasteiger partial charge in [0.1, 0.15) is 11.9 Å². The van der Waals surface area contributed by atoms with Gasteiger partial charge in [-0.1, -0.05) is 16.8 Å². The van der Waals surface area contributed by atoms with Crippen LogP contribution >= 0.6 is 11.6 Å². The summed E-state index contributed by atoms with van der Waals surface area (Å²) in [7, 11) is 2.11. The second-order valence-corrected chi connectivity index (χ2v) is 5.16. The number of halogens is 1. The lowest BCUT2D eigenvalue weighted by molar-refractivity contribution is 0.114. The van der Waals surface area contributed by atoms with E-state index in [4.69, 9.17) is 27.3 Å². The lowest BCUT2D eigenvalue weighted by Crippen LogP contribution is -2.35. The van der Waals surface area contributed by atoms with Crippen LogP contribution in [0.1, 0.15) is 18.4 Å². The van der Waals surface area contributed by atoms with E-state index in [1.54, 1.807) is 18.2 Å². The summed E-state index contributed by atoms with van der Waals surface area (Å²) in [5.74, 6) is 0.679. The van der Waals surface area contributed by atoms with Crippen molar-refractivity contribution < 1.29 is 9.94 Å². The number of rotatable bonds is 3. The van der Waals surface area contributed by atoms with E-state index < -0.39 is 0 Å². The standard InChI is InChI=1S/C13H18ClN3O2/c1-17-6-4-10(5-7-17)19-12-3-2-9(8-11(12)14)13(15)16-18/h2-3,8,10,18H,4-7H2,1H3,(H2,15,16). The first-order valence-electron chi connectivity index (χ1n) is 6.23. The number of hydrogen-bond donors (Lipinski definition) is 2. The van der Waals surface area contributed by atoms with Crippen LogP contribution in [0.3, 0.4) is 0 Å². The molecule has 0 unspecified atom stereocenters. The molecule has 1 heterocycles. The van der Waals surface area contributed by atoms with Crippen molar-refractivity contribution >= 4 is 17.4 Å². The van der Waals surface area contributed by atoms with Crippen molar-refractivity contribution in [1.29, 1.82) is 0 Å². The third-order valence-corrected chi connectivity index (χ3v) is 3.59. The zero-order valence-electron chi connectivity index (χ0n) is 10.8. The number of hydrogen-bond acceptors (Lipinski definition) is 4. The zero-order valence-corrected chi connectivity index (χ0v) is 11.6. The Hall–Kier alpha value is -1.46. The summed E-state index contributed by atoms with van der Waals surface area (Å²) >= 11 is 6.15. The predicted molar refractivity (Wildman–Crippen MR) is 75.1 cm³/mol. The van der Waals surface area contributed by atoms with Gasteiger partial charge in [-0.05, 0) is 38.1 Å². The zero-order chi connectivity index (χ0) is 13.8. The minimum absolute atomic E-state index is 0.0349. The second-order valence-electron chi connectivity index (χ2n) is 4.75. The Morgan fingerprint density at radius 2 is 2.16 bits per heavy atom. The highest BCUT2D eigenvalue weighted by Crippen LogP contribution is 2.28. The highest BCUT2D eigenvalue weighted by atomic mass is 35.5. The van der Waals surface area contributed by atoms with Crippen molar-refractivity contribution in [3.05, 3.63) is 28.8 Å². The molecule has 2 rings (SSSR count). The molecule has 0 aromatic heterocycles. The van der Waals surface area contributed by atoms with Crippen LogP contribution in [0, 0.1) is 0 Å². The van der Waals surface area contributed by atoms with E-state index in [2.05, 4.69) is 17.1 Å². The van der Waals surface area contributed by atoms with Gasteiger partial charge in [-0.2, -0.15) is 0 Å². The maximum absolute atomic E-state index is 8.62. The fourth-order valence-electron chi connectivity index (χ4n) is 2.10. The molecule has 0 bridgehead atoms. The Balaban J connectivity index is 2.05. The van der Waals surface area contributed by atoms with Gasteiger partial charge in [-0.3, -0.25) is 0 Å². The van der Waals surface area contributed by atoms with Crippen LogP contribution < -0.4 is 10.5 Å². The minimum atomic E-state index is 0.0349. The SMILES string of the molecule is CN1CCC(Oc2ccc(C(N)=NO)cc2Cl)CC1. The summed E-state index contributed by atoms with van der Waals surface area (Å²) in [5.41, 5.74) is 6.08. The van der Waals surface area contributed by atoms with Crippen molar-refractivity contribution in [3.63, 3.8) is 0 Å². The molecule has 0 radical (unpaired) electrons. The molecule has 0 spiro atoms. The molecule has 3 N–H and O–H groups in total. The summed E-state index contributed by atoms with van der Waals surface area (Å²) in [4.78, 5) is 2.28. The van der Waals surface area contributed by atoms with Gasteiger partial charge in [0.15, 0.2) is 5.84 Å². The number of benzene rings is 1. The van der Waals surface area contributed by atoms with Crippen LogP contribution in [0.15, 0.2) is 23.4 Å². The molecule has 6 heteroatoms. The van der Waals surface area contributed by atoms with Crippen molar-refractivity contribution in [2.75, 3.05) is 20.1 Å². The highest BCUT2D eigenvalue weighted by molar-refractivity contribution is 6.32. The van der Waals surface area contributed by atoms with Gasteiger partial charge >= 0.3 is 0 Å². The van der Waals surface area contributed by atoms with Crippen LogP contribution in [-0.2, 0) is 0 Å². The monoisotopic (exact) mass is 283 g/mol. The molecule has 1 fully saturated rings. The molecule has 1 aromatic carbocycles. The number of ether oxygens (including phenoxy) is 1. The van der Waals surface area contributed by atoms with Crippen LogP contribution in [0.2, 0.25) is 5.02 Å². The molecule has 104 valence electrons. The smallest absolute Gasteiger partial charge is 0.170 e. The number of nitrogens with two attached hydrogens (primary N) is 1. The van der Waals surface area contributed by atoms with E-state index in [0.29, 0.717) is 16.3 Å². The van der Waals surface area contributed by atoms with E-state index in [1.807, 2.05) is 0 Å². The van der Waals surface area contributed by atoms with Crippen molar-refractivity contribution in [2.45, 2.75) is 18.9 Å². The van der Waals surface area contributed by atoms with Crippen molar-refractivity contribution in [3.8, 4) is 5.75 Å². The molecule has 1 aromatic rings. The Labute approximate surface area is 117 Å². The summed E-state index contributed by atoms with van der Waals surface area (Å²) in [5, 5.41) is 12.0. The van der Waals surface area contributed by atoms with Crippen LogP contribution in [0.25, 0.3) is 0 Å². The average molecular weight is 284 g/mol. The van der Waals surface area contributed by atoms with Gasteiger partial charge in [-0.15, -0.1) is 0 Å². The van der Waals surface area contributed by atoms with Gasteiger partial charge in [0.05, 0.1) is 5.02 Å². The first kappa shape index (κ1) is 14.0. The summed E-state index contributed by atoms with van der Waals surface area (Å²) in [6.45, 7) is 2.06. The van der Waals surface area contributed by atoms with Crippen molar-refractivity contribution in [1.82, 2.24) is 4.90 Å². The molecule has 0 amide bonds. The molecule has 19 heavy (non-hydrogen) atoms. The topological polar surface area (TPSA) is 71.1 Å². The first-order chi connectivity index (χ1) is 9.10. The predicted octanol–water partition coefficient (Wildman–Crippen LogP) is 1.91. The molecule has 5 nitrogen and oxygen atoms in total. The lowest BCUT2D eigenvalue weighted by atomic mass is 10.1. The number of nitrogens with zero attached hydrogens (tertiary/aromatic N) is 2. The van der Waals surface area contributed by atoms with Crippen LogP contribution in [0.5, 0.6) is 5.75 Å². The third kappa shape index (κ3) is 3.52. The molecule has 1 aliphatic heterocycles. The minimum Gasteiger partial charge on any atom is -0.489 e. The molecule has 0 aliphatic carbocycles. The molecule has 1 saturated heterocycles. The highest BCUT2D eigenvalue weighted by Gasteiger charge is 2.19. The molecular formula is C13H18ClN3O2. The third-order valence-electron chi connectivity index (χ3n) is 3.29. The largest absolute Gasteiger partial charge is 0.489 e. The van der Waals surface area contributed by atoms with E-state index in [1.165, 1.54) is 0 Å². The molecule has 0 atom stereocenters. The quantitative estimate of drug-likeness (QED) is 0.385. The van der Waals surface area contributed by atoms with E-state index in [-0.39, 0.29) is 11.9 Å². The number of amidine groups is 1. The molecule has 0 saturated carbocycles. The summed E-state index contributed by atoms with van der Waals surface area (Å²) in [6.07, 6.45) is 2.19. The van der Waals surface area contributed by atoms with E-state index in [9.17, 15) is 0 Å². The summed E-state index contributed by atoms with van der Waals surface area (Å²) in [6, 6.07) is 5.13. The Bertz CT molecular complexity index is 471.